The van der Waals surface area contributed by atoms with Gasteiger partial charge in [0.25, 0.3) is 0 Å². The van der Waals surface area contributed by atoms with Gasteiger partial charge in [0.1, 0.15) is 18.2 Å². The molecule has 0 saturated carbocycles. The highest BCUT2D eigenvalue weighted by molar-refractivity contribution is 9.10. The Kier molecular flexibility index (Phi) is 5.38. The van der Waals surface area contributed by atoms with Crippen molar-refractivity contribution < 1.29 is 28.2 Å². The lowest BCUT2D eigenvalue weighted by atomic mass is 10.1. The molecule has 0 amide bonds. The smallest absolute Gasteiger partial charge is 0.355 e. The van der Waals surface area contributed by atoms with E-state index in [2.05, 4.69) is 20.7 Å². The van der Waals surface area contributed by atoms with Gasteiger partial charge in [0, 0.05) is 5.69 Å². The molecule has 0 aromatic heterocycles. The van der Waals surface area contributed by atoms with Crippen molar-refractivity contribution in [1.82, 2.24) is 0 Å². The molecule has 1 aliphatic rings. The SMILES string of the molecule is COC(=O)C1=C(C(=O)OC)N(c2cc(C)c(F)c(Br)c2)COC1. The molecule has 1 aliphatic heterocycles. The maximum absolute atomic E-state index is 13.8. The third kappa shape index (κ3) is 3.37. The van der Waals surface area contributed by atoms with Crippen molar-refractivity contribution in [2.24, 2.45) is 0 Å². The second kappa shape index (κ2) is 7.10. The summed E-state index contributed by atoms with van der Waals surface area (Å²) >= 11 is 3.13. The van der Waals surface area contributed by atoms with Gasteiger partial charge in [-0.25, -0.2) is 14.0 Å². The van der Waals surface area contributed by atoms with Crippen molar-refractivity contribution >= 4 is 33.6 Å². The topological polar surface area (TPSA) is 65.1 Å². The zero-order chi connectivity index (χ0) is 17.1. The molecule has 0 spiro atoms. The molecule has 0 fully saturated rings. The van der Waals surface area contributed by atoms with E-state index in [1.165, 1.54) is 25.2 Å². The van der Waals surface area contributed by atoms with Crippen LogP contribution in [0, 0.1) is 12.7 Å². The molecular formula is C15H15BrFNO5. The number of ether oxygens (including phenoxy) is 3. The van der Waals surface area contributed by atoms with Crippen molar-refractivity contribution in [3.8, 4) is 0 Å². The van der Waals surface area contributed by atoms with Crippen LogP contribution in [0.4, 0.5) is 10.1 Å². The summed E-state index contributed by atoms with van der Waals surface area (Å²) in [4.78, 5) is 25.5. The summed E-state index contributed by atoms with van der Waals surface area (Å²) in [5.41, 5.74) is 0.924. The Morgan fingerprint density at radius 3 is 2.48 bits per heavy atom. The molecule has 1 aromatic rings. The molecule has 1 aromatic carbocycles. The summed E-state index contributed by atoms with van der Waals surface area (Å²) < 4.78 is 28.8. The van der Waals surface area contributed by atoms with Gasteiger partial charge in [0.05, 0.1) is 30.9 Å². The zero-order valence-corrected chi connectivity index (χ0v) is 14.4. The van der Waals surface area contributed by atoms with Gasteiger partial charge in [0.2, 0.25) is 0 Å². The molecule has 1 heterocycles. The molecule has 0 bridgehead atoms. The van der Waals surface area contributed by atoms with Gasteiger partial charge in [-0.15, -0.1) is 0 Å². The fraction of sp³-hybridized carbons (Fsp3) is 0.333. The Morgan fingerprint density at radius 1 is 1.26 bits per heavy atom. The van der Waals surface area contributed by atoms with Gasteiger partial charge >= 0.3 is 11.9 Å². The van der Waals surface area contributed by atoms with Crippen LogP contribution in [-0.2, 0) is 23.8 Å². The highest BCUT2D eigenvalue weighted by Gasteiger charge is 2.32. The molecule has 0 aliphatic carbocycles. The third-order valence-electron chi connectivity index (χ3n) is 3.34. The first-order valence-electron chi connectivity index (χ1n) is 6.61. The number of anilines is 1. The number of carbonyl (C=O) groups excluding carboxylic acids is 2. The molecule has 2 rings (SSSR count). The van der Waals surface area contributed by atoms with E-state index in [-0.39, 0.29) is 29.1 Å². The number of benzene rings is 1. The van der Waals surface area contributed by atoms with E-state index in [1.54, 1.807) is 13.0 Å². The average Bonchev–Trinajstić information content (AvgIpc) is 2.57. The van der Waals surface area contributed by atoms with Crippen LogP contribution in [0.25, 0.3) is 0 Å². The Bertz CT molecular complexity index is 665. The Balaban J connectivity index is 2.59. The monoisotopic (exact) mass is 387 g/mol. The first kappa shape index (κ1) is 17.4. The molecular weight excluding hydrogens is 373 g/mol. The molecule has 0 unspecified atom stereocenters. The number of methoxy groups -OCH3 is 2. The van der Waals surface area contributed by atoms with Crippen LogP contribution in [0.5, 0.6) is 0 Å². The standard InChI is InChI=1S/C15H15BrFNO5/c1-8-4-9(5-11(16)12(8)17)18-7-23-6-10(14(19)21-2)13(18)15(20)22-3/h4-5H,6-7H2,1-3H3. The van der Waals surface area contributed by atoms with Crippen LogP contribution in [0.15, 0.2) is 27.9 Å². The Morgan fingerprint density at radius 2 is 1.91 bits per heavy atom. The van der Waals surface area contributed by atoms with Crippen LogP contribution in [0.3, 0.4) is 0 Å². The van der Waals surface area contributed by atoms with Crippen LogP contribution >= 0.6 is 15.9 Å². The highest BCUT2D eigenvalue weighted by atomic mass is 79.9. The van der Waals surface area contributed by atoms with Gasteiger partial charge in [-0.05, 0) is 40.5 Å². The number of halogens is 2. The fourth-order valence-electron chi connectivity index (χ4n) is 2.21. The summed E-state index contributed by atoms with van der Waals surface area (Å²) in [6.45, 7) is 1.54. The Labute approximate surface area is 140 Å². The molecule has 0 saturated heterocycles. The number of hydrogen-bond acceptors (Lipinski definition) is 6. The molecule has 0 radical (unpaired) electrons. The summed E-state index contributed by atoms with van der Waals surface area (Å²) in [5, 5.41) is 0. The second-order valence-electron chi connectivity index (χ2n) is 4.77. The number of aryl methyl sites for hydroxylation is 1. The molecule has 124 valence electrons. The molecule has 0 N–H and O–H groups in total. The number of nitrogens with zero attached hydrogens (tertiary/aromatic N) is 1. The van der Waals surface area contributed by atoms with Crippen molar-refractivity contribution in [3.63, 3.8) is 0 Å². The number of esters is 2. The minimum absolute atomic E-state index is 0.0163. The van der Waals surface area contributed by atoms with Crippen LogP contribution in [0.2, 0.25) is 0 Å². The van der Waals surface area contributed by atoms with E-state index in [0.717, 1.165) is 0 Å². The summed E-state index contributed by atoms with van der Waals surface area (Å²) in [5.74, 6) is -1.79. The molecule has 23 heavy (non-hydrogen) atoms. The molecule has 6 nitrogen and oxygen atoms in total. The lowest BCUT2D eigenvalue weighted by Gasteiger charge is -2.31. The summed E-state index contributed by atoms with van der Waals surface area (Å²) in [6.07, 6.45) is 0. The predicted molar refractivity (Wildman–Crippen MR) is 83.2 cm³/mol. The van der Waals surface area contributed by atoms with Crippen molar-refractivity contribution in [1.29, 1.82) is 0 Å². The summed E-state index contributed by atoms with van der Waals surface area (Å²) in [6, 6.07) is 3.04. The first-order chi connectivity index (χ1) is 10.9. The lowest BCUT2D eigenvalue weighted by Crippen LogP contribution is -2.38. The normalized spacial score (nSPS) is 14.7. The quantitative estimate of drug-likeness (QED) is 0.741. The van der Waals surface area contributed by atoms with Gasteiger partial charge in [-0.1, -0.05) is 0 Å². The highest BCUT2D eigenvalue weighted by Crippen LogP contribution is 2.31. The van der Waals surface area contributed by atoms with Gasteiger partial charge in [0.15, 0.2) is 0 Å². The lowest BCUT2D eigenvalue weighted by molar-refractivity contribution is -0.140. The largest absolute Gasteiger partial charge is 0.466 e. The zero-order valence-electron chi connectivity index (χ0n) is 12.8. The van der Waals surface area contributed by atoms with Gasteiger partial charge < -0.3 is 19.1 Å². The van der Waals surface area contributed by atoms with Gasteiger partial charge in [-0.2, -0.15) is 0 Å². The number of rotatable bonds is 3. The van der Waals surface area contributed by atoms with E-state index in [0.29, 0.717) is 11.3 Å². The maximum atomic E-state index is 13.8. The van der Waals surface area contributed by atoms with E-state index < -0.39 is 17.8 Å². The minimum atomic E-state index is -0.702. The van der Waals surface area contributed by atoms with E-state index in [9.17, 15) is 14.0 Å². The maximum Gasteiger partial charge on any atom is 0.355 e. The van der Waals surface area contributed by atoms with Crippen LogP contribution < -0.4 is 4.90 Å². The molecule has 0 atom stereocenters. The summed E-state index contributed by atoms with van der Waals surface area (Å²) in [7, 11) is 2.42. The van der Waals surface area contributed by atoms with Crippen LogP contribution in [-0.4, -0.2) is 39.5 Å². The van der Waals surface area contributed by atoms with E-state index >= 15 is 0 Å². The first-order valence-corrected chi connectivity index (χ1v) is 7.40. The second-order valence-corrected chi connectivity index (χ2v) is 5.63. The Hall–Kier alpha value is -1.93. The fourth-order valence-corrected chi connectivity index (χ4v) is 2.76. The van der Waals surface area contributed by atoms with Gasteiger partial charge in [-0.3, -0.25) is 0 Å². The van der Waals surface area contributed by atoms with Crippen molar-refractivity contribution in [2.45, 2.75) is 6.92 Å². The average molecular weight is 388 g/mol. The van der Waals surface area contributed by atoms with Crippen LogP contribution in [0.1, 0.15) is 5.56 Å². The van der Waals surface area contributed by atoms with E-state index in [1.807, 2.05) is 0 Å². The number of hydrogen-bond donors (Lipinski definition) is 0. The minimum Gasteiger partial charge on any atom is -0.466 e. The third-order valence-corrected chi connectivity index (χ3v) is 3.92. The predicted octanol–water partition coefficient (Wildman–Crippen LogP) is 2.29. The van der Waals surface area contributed by atoms with Crippen molar-refractivity contribution in [3.05, 3.63) is 39.3 Å². The number of carbonyl (C=O) groups is 2. The van der Waals surface area contributed by atoms with E-state index in [4.69, 9.17) is 9.47 Å². The molecule has 8 heteroatoms. The van der Waals surface area contributed by atoms with Crippen molar-refractivity contribution in [2.75, 3.05) is 32.5 Å².